The molecule has 2 rings (SSSR count). The summed E-state index contributed by atoms with van der Waals surface area (Å²) >= 11 is 0. The molecule has 2 N–H and O–H groups in total. The lowest BCUT2D eigenvalue weighted by Gasteiger charge is -2.22. The molecule has 1 aromatic heterocycles. The van der Waals surface area contributed by atoms with Crippen LogP contribution in [0.15, 0.2) is 0 Å². The molecule has 7 heteroatoms. The summed E-state index contributed by atoms with van der Waals surface area (Å²) in [7, 11) is 0. The van der Waals surface area contributed by atoms with Crippen LogP contribution in [-0.2, 0) is 16.1 Å². The van der Waals surface area contributed by atoms with Crippen molar-refractivity contribution in [3.63, 3.8) is 0 Å². The minimum absolute atomic E-state index is 0.0235. The molecule has 7 nitrogen and oxygen atoms in total. The highest BCUT2D eigenvalue weighted by Crippen LogP contribution is 2.14. The van der Waals surface area contributed by atoms with E-state index >= 15 is 0 Å². The van der Waals surface area contributed by atoms with Gasteiger partial charge in [-0.1, -0.05) is 0 Å². The third-order valence-electron chi connectivity index (χ3n) is 3.90. The van der Waals surface area contributed by atoms with Crippen LogP contribution in [0.4, 0.5) is 0 Å². The Morgan fingerprint density at radius 1 is 1.41 bits per heavy atom. The fourth-order valence-electron chi connectivity index (χ4n) is 2.81. The average molecular weight is 306 g/mol. The lowest BCUT2D eigenvalue weighted by atomic mass is 10.1. The molecule has 0 radical (unpaired) electrons. The molecule has 2 heterocycles. The zero-order valence-electron chi connectivity index (χ0n) is 13.2. The van der Waals surface area contributed by atoms with Crippen molar-refractivity contribution >= 4 is 17.6 Å². The van der Waals surface area contributed by atoms with Gasteiger partial charge in [-0.25, -0.2) is 0 Å². The first-order valence-corrected chi connectivity index (χ1v) is 7.52. The van der Waals surface area contributed by atoms with Crippen LogP contribution in [0, 0.1) is 13.8 Å². The molecule has 0 unspecified atom stereocenters. The van der Waals surface area contributed by atoms with Crippen molar-refractivity contribution in [2.75, 3.05) is 6.54 Å². The van der Waals surface area contributed by atoms with E-state index in [1.54, 1.807) is 11.6 Å². The van der Waals surface area contributed by atoms with E-state index in [1.165, 1.54) is 6.92 Å². The largest absolute Gasteiger partial charge is 0.354 e. The van der Waals surface area contributed by atoms with E-state index in [9.17, 15) is 14.4 Å². The Morgan fingerprint density at radius 3 is 2.73 bits per heavy atom. The minimum atomic E-state index is -0.436. The van der Waals surface area contributed by atoms with Crippen LogP contribution >= 0.6 is 0 Å². The number of carbonyl (C=O) groups excluding carboxylic acids is 3. The Hall–Kier alpha value is -2.18. The highest BCUT2D eigenvalue weighted by atomic mass is 16.2. The Bertz CT molecular complexity index is 606. The van der Waals surface area contributed by atoms with E-state index < -0.39 is 6.04 Å². The summed E-state index contributed by atoms with van der Waals surface area (Å²) in [6.07, 6.45) is 1.77. The van der Waals surface area contributed by atoms with Gasteiger partial charge in [-0.05, 0) is 33.6 Å². The molecule has 1 aliphatic heterocycles. The van der Waals surface area contributed by atoms with Gasteiger partial charge in [-0.2, -0.15) is 5.10 Å². The van der Waals surface area contributed by atoms with Crippen molar-refractivity contribution in [3.8, 4) is 0 Å². The van der Waals surface area contributed by atoms with Gasteiger partial charge in [0.1, 0.15) is 6.04 Å². The molecule has 1 atom stereocenters. The van der Waals surface area contributed by atoms with Crippen LogP contribution in [0.2, 0.25) is 0 Å². The summed E-state index contributed by atoms with van der Waals surface area (Å²) in [5, 5.41) is 9.78. The number of nitrogens with one attached hydrogen (secondary N) is 2. The quantitative estimate of drug-likeness (QED) is 0.774. The number of aromatic nitrogens is 2. The number of Topliss-reactive ketones (excluding diaryl/α,β-unsaturated/α-hetero) is 1. The Morgan fingerprint density at radius 2 is 2.14 bits per heavy atom. The van der Waals surface area contributed by atoms with Crippen LogP contribution in [-0.4, -0.2) is 40.0 Å². The van der Waals surface area contributed by atoms with Crippen LogP contribution in [0.3, 0.4) is 0 Å². The summed E-state index contributed by atoms with van der Waals surface area (Å²) in [6.45, 7) is 6.18. The van der Waals surface area contributed by atoms with Gasteiger partial charge in [0.25, 0.3) is 0 Å². The Labute approximate surface area is 129 Å². The maximum absolute atomic E-state index is 12.0. The number of rotatable bonds is 5. The molecule has 0 bridgehead atoms. The van der Waals surface area contributed by atoms with Gasteiger partial charge in [0.2, 0.25) is 11.8 Å². The third-order valence-corrected chi connectivity index (χ3v) is 3.90. The lowest BCUT2D eigenvalue weighted by Crippen LogP contribution is -2.50. The van der Waals surface area contributed by atoms with Crippen LogP contribution in [0.25, 0.3) is 0 Å². The minimum Gasteiger partial charge on any atom is -0.354 e. The standard InChI is InChI=1S/C15H22N4O3/c1-9-14(11(3)20)10(2)19(18-9)8-6-13(21)17-12-5-4-7-16-15(12)22/h12H,4-8H2,1-3H3,(H,16,22)(H,17,21)/t12-/m1/s1. The molecule has 22 heavy (non-hydrogen) atoms. The summed E-state index contributed by atoms with van der Waals surface area (Å²) in [6, 6.07) is -0.436. The van der Waals surface area contributed by atoms with E-state index in [1.807, 2.05) is 6.92 Å². The van der Waals surface area contributed by atoms with E-state index in [0.717, 1.165) is 12.1 Å². The van der Waals surface area contributed by atoms with Gasteiger partial charge < -0.3 is 10.6 Å². The first-order valence-electron chi connectivity index (χ1n) is 7.52. The first-order chi connectivity index (χ1) is 10.4. The number of hydrogen-bond donors (Lipinski definition) is 2. The maximum atomic E-state index is 12.0. The summed E-state index contributed by atoms with van der Waals surface area (Å²) in [5.74, 6) is -0.326. The van der Waals surface area contributed by atoms with Crippen LogP contribution < -0.4 is 10.6 Å². The Balaban J connectivity index is 1.92. The van der Waals surface area contributed by atoms with Crippen molar-refractivity contribution in [3.05, 3.63) is 17.0 Å². The maximum Gasteiger partial charge on any atom is 0.242 e. The predicted octanol–water partition coefficient (Wildman–Crippen LogP) is 0.487. The normalized spacial score (nSPS) is 18.0. The summed E-state index contributed by atoms with van der Waals surface area (Å²) in [4.78, 5) is 35.1. The second-order valence-electron chi connectivity index (χ2n) is 5.63. The molecule has 0 spiro atoms. The molecule has 1 aromatic rings. The molecule has 120 valence electrons. The van der Waals surface area contributed by atoms with E-state index in [-0.39, 0.29) is 24.0 Å². The van der Waals surface area contributed by atoms with E-state index in [4.69, 9.17) is 0 Å². The molecule has 0 aromatic carbocycles. The van der Waals surface area contributed by atoms with Crippen molar-refractivity contribution in [1.29, 1.82) is 0 Å². The SMILES string of the molecule is CC(=O)c1c(C)nn(CCC(=O)N[C@@H]2CCCNC2=O)c1C. The topological polar surface area (TPSA) is 93.1 Å². The molecule has 2 amide bonds. The monoisotopic (exact) mass is 306 g/mol. The fourth-order valence-corrected chi connectivity index (χ4v) is 2.81. The first kappa shape index (κ1) is 16.2. The van der Waals surface area contributed by atoms with Crippen molar-refractivity contribution in [2.24, 2.45) is 0 Å². The molecule has 0 aliphatic carbocycles. The van der Waals surface area contributed by atoms with Gasteiger partial charge in [0.05, 0.1) is 11.3 Å². The second-order valence-corrected chi connectivity index (χ2v) is 5.63. The average Bonchev–Trinajstić information content (AvgIpc) is 2.73. The fraction of sp³-hybridized carbons (Fsp3) is 0.600. The summed E-state index contributed by atoms with van der Waals surface area (Å²) in [5.41, 5.74) is 2.07. The number of aryl methyl sites for hydroxylation is 2. The van der Waals surface area contributed by atoms with Gasteiger partial charge in [-0.3, -0.25) is 19.1 Å². The second kappa shape index (κ2) is 6.72. The van der Waals surface area contributed by atoms with Crippen LogP contribution in [0.5, 0.6) is 0 Å². The third kappa shape index (κ3) is 3.52. The van der Waals surface area contributed by atoms with Gasteiger partial charge in [-0.15, -0.1) is 0 Å². The van der Waals surface area contributed by atoms with Gasteiger partial charge in [0.15, 0.2) is 5.78 Å². The van der Waals surface area contributed by atoms with Crippen LogP contribution in [0.1, 0.15) is 47.9 Å². The molecule has 1 saturated heterocycles. The van der Waals surface area contributed by atoms with Crippen molar-refractivity contribution < 1.29 is 14.4 Å². The molecular weight excluding hydrogens is 284 g/mol. The van der Waals surface area contributed by atoms with Gasteiger partial charge in [0, 0.05) is 25.2 Å². The predicted molar refractivity (Wildman–Crippen MR) is 80.5 cm³/mol. The molecular formula is C15H22N4O3. The molecule has 1 aliphatic rings. The van der Waals surface area contributed by atoms with Crippen molar-refractivity contribution in [1.82, 2.24) is 20.4 Å². The smallest absolute Gasteiger partial charge is 0.242 e. The highest BCUT2D eigenvalue weighted by molar-refractivity contribution is 5.96. The number of piperidine rings is 1. The lowest BCUT2D eigenvalue weighted by molar-refractivity contribution is -0.130. The van der Waals surface area contributed by atoms with E-state index in [0.29, 0.717) is 30.8 Å². The Kier molecular flexibility index (Phi) is 4.95. The zero-order valence-corrected chi connectivity index (χ0v) is 13.2. The molecule has 1 fully saturated rings. The van der Waals surface area contributed by atoms with Gasteiger partial charge >= 0.3 is 0 Å². The number of nitrogens with zero attached hydrogens (tertiary/aromatic N) is 2. The van der Waals surface area contributed by atoms with Crippen molar-refractivity contribution in [2.45, 2.75) is 52.6 Å². The number of carbonyl (C=O) groups is 3. The summed E-state index contributed by atoms with van der Waals surface area (Å²) < 4.78 is 1.67. The molecule has 0 saturated carbocycles. The highest BCUT2D eigenvalue weighted by Gasteiger charge is 2.23. The number of hydrogen-bond acceptors (Lipinski definition) is 4. The number of amides is 2. The zero-order chi connectivity index (χ0) is 16.3. The van der Waals surface area contributed by atoms with E-state index in [2.05, 4.69) is 15.7 Å². The number of ketones is 1.